The van der Waals surface area contributed by atoms with Gasteiger partial charge in [-0.3, -0.25) is 0 Å². The summed E-state index contributed by atoms with van der Waals surface area (Å²) in [5.41, 5.74) is 0. The Morgan fingerprint density at radius 3 is 2.65 bits per heavy atom. The van der Waals surface area contributed by atoms with Crippen LogP contribution in [-0.2, 0) is 6.54 Å². The minimum atomic E-state index is -1.15. The average molecular weight is 284 g/mol. The molecule has 2 amide bonds. The van der Waals surface area contributed by atoms with E-state index >= 15 is 0 Å². The van der Waals surface area contributed by atoms with E-state index in [0.29, 0.717) is 12.3 Å². The number of nitrogens with zero attached hydrogens (tertiary/aromatic N) is 1. The summed E-state index contributed by atoms with van der Waals surface area (Å²) in [6, 6.07) is 2.54. The van der Waals surface area contributed by atoms with Gasteiger partial charge in [-0.2, -0.15) is 0 Å². The molecule has 0 saturated carbocycles. The van der Waals surface area contributed by atoms with Gasteiger partial charge in [-0.05, 0) is 18.6 Å². The number of hydrogen-bond acceptors (Lipinski definition) is 4. The van der Waals surface area contributed by atoms with Crippen molar-refractivity contribution < 1.29 is 24.2 Å². The first kappa shape index (κ1) is 16.0. The van der Waals surface area contributed by atoms with E-state index in [1.165, 1.54) is 17.0 Å². The van der Waals surface area contributed by atoms with Crippen molar-refractivity contribution in [2.75, 3.05) is 19.7 Å². The van der Waals surface area contributed by atoms with Gasteiger partial charge in [0.1, 0.15) is 5.76 Å². The van der Waals surface area contributed by atoms with Crippen molar-refractivity contribution in [3.63, 3.8) is 0 Å². The molecule has 0 aromatic carbocycles. The minimum absolute atomic E-state index is 0.0962. The van der Waals surface area contributed by atoms with Gasteiger partial charge in [-0.15, -0.1) is 0 Å². The molecule has 0 fully saturated rings. The maximum absolute atomic E-state index is 11.9. The highest BCUT2D eigenvalue weighted by Crippen LogP contribution is 2.07. The molecule has 1 aromatic heterocycles. The number of aromatic carboxylic acids is 1. The first-order chi connectivity index (χ1) is 9.58. The van der Waals surface area contributed by atoms with Crippen molar-refractivity contribution in [1.82, 2.24) is 10.2 Å². The number of aliphatic hydroxyl groups excluding tert-OH is 1. The summed E-state index contributed by atoms with van der Waals surface area (Å²) in [6.45, 7) is 2.87. The molecule has 0 atom stereocenters. The number of nitrogens with one attached hydrogen (secondary N) is 1. The molecule has 0 aliphatic carbocycles. The van der Waals surface area contributed by atoms with Gasteiger partial charge in [0.05, 0.1) is 13.2 Å². The number of hydrogen-bond donors (Lipinski definition) is 3. The Labute approximate surface area is 117 Å². The lowest BCUT2D eigenvalue weighted by Crippen LogP contribution is -2.41. The number of carboxylic acid groups (broad SMARTS) is 1. The predicted molar refractivity (Wildman–Crippen MR) is 71.5 cm³/mol. The van der Waals surface area contributed by atoms with Crippen LogP contribution < -0.4 is 5.32 Å². The van der Waals surface area contributed by atoms with E-state index in [-0.39, 0.29) is 31.5 Å². The Morgan fingerprint density at radius 1 is 1.35 bits per heavy atom. The fraction of sp³-hybridized carbons (Fsp3) is 0.538. The van der Waals surface area contributed by atoms with E-state index in [1.807, 2.05) is 6.92 Å². The highest BCUT2D eigenvalue weighted by molar-refractivity contribution is 5.84. The summed E-state index contributed by atoms with van der Waals surface area (Å²) < 4.78 is 5.03. The highest BCUT2D eigenvalue weighted by atomic mass is 16.4. The van der Waals surface area contributed by atoms with Crippen LogP contribution in [0.3, 0.4) is 0 Å². The smallest absolute Gasteiger partial charge is 0.371 e. The Bertz CT molecular complexity index is 444. The van der Waals surface area contributed by atoms with E-state index in [1.54, 1.807) is 0 Å². The first-order valence-corrected chi connectivity index (χ1v) is 6.54. The number of furan rings is 1. The molecule has 1 heterocycles. The van der Waals surface area contributed by atoms with E-state index in [0.717, 1.165) is 12.8 Å². The molecule has 0 unspecified atom stereocenters. The number of carbonyl (C=O) groups excluding carboxylic acids is 1. The van der Waals surface area contributed by atoms with Gasteiger partial charge in [0.2, 0.25) is 5.76 Å². The van der Waals surface area contributed by atoms with Crippen LogP contribution in [0, 0.1) is 0 Å². The predicted octanol–water partition coefficient (Wildman–Crippen LogP) is 1.28. The molecule has 7 heteroatoms. The number of rotatable bonds is 8. The molecule has 0 aliphatic rings. The number of amides is 2. The summed E-state index contributed by atoms with van der Waals surface area (Å²) in [6.07, 6.45) is 1.81. The largest absolute Gasteiger partial charge is 0.475 e. The first-order valence-electron chi connectivity index (χ1n) is 6.54. The van der Waals surface area contributed by atoms with E-state index in [4.69, 9.17) is 14.6 Å². The second-order valence-electron chi connectivity index (χ2n) is 4.29. The van der Waals surface area contributed by atoms with Crippen LogP contribution in [0.25, 0.3) is 0 Å². The van der Waals surface area contributed by atoms with Gasteiger partial charge in [0.15, 0.2) is 0 Å². The highest BCUT2D eigenvalue weighted by Gasteiger charge is 2.13. The molecule has 1 aromatic rings. The zero-order valence-corrected chi connectivity index (χ0v) is 11.5. The normalized spacial score (nSPS) is 10.3. The molecular formula is C13H20N2O5. The molecule has 7 nitrogen and oxygen atoms in total. The van der Waals surface area contributed by atoms with Gasteiger partial charge < -0.3 is 24.8 Å². The van der Waals surface area contributed by atoms with Crippen LogP contribution in [0.5, 0.6) is 0 Å². The molecule has 1 rings (SSSR count). The second kappa shape index (κ2) is 8.21. The van der Waals surface area contributed by atoms with Crippen molar-refractivity contribution in [2.24, 2.45) is 0 Å². The van der Waals surface area contributed by atoms with Crippen LogP contribution in [0.1, 0.15) is 36.1 Å². The lowest BCUT2D eigenvalue weighted by Gasteiger charge is -2.21. The van der Waals surface area contributed by atoms with Gasteiger partial charge in [0, 0.05) is 13.1 Å². The van der Waals surface area contributed by atoms with Crippen LogP contribution in [0.4, 0.5) is 4.79 Å². The van der Waals surface area contributed by atoms with Crippen LogP contribution >= 0.6 is 0 Å². The van der Waals surface area contributed by atoms with Crippen molar-refractivity contribution >= 4 is 12.0 Å². The fourth-order valence-corrected chi connectivity index (χ4v) is 1.65. The van der Waals surface area contributed by atoms with E-state index in [2.05, 4.69) is 5.32 Å². The van der Waals surface area contributed by atoms with Crippen molar-refractivity contribution in [3.05, 3.63) is 23.7 Å². The molecule has 0 bridgehead atoms. The minimum Gasteiger partial charge on any atom is -0.475 e. The van der Waals surface area contributed by atoms with E-state index in [9.17, 15) is 9.59 Å². The van der Waals surface area contributed by atoms with Gasteiger partial charge in [0.25, 0.3) is 0 Å². The van der Waals surface area contributed by atoms with Crippen LogP contribution in [0.2, 0.25) is 0 Å². The van der Waals surface area contributed by atoms with Gasteiger partial charge >= 0.3 is 12.0 Å². The van der Waals surface area contributed by atoms with Crippen LogP contribution in [0.15, 0.2) is 16.5 Å². The Kier molecular flexibility index (Phi) is 6.58. The number of carboxylic acids is 1. The quantitative estimate of drug-likeness (QED) is 0.667. The third-order valence-electron chi connectivity index (χ3n) is 2.72. The molecule has 20 heavy (non-hydrogen) atoms. The second-order valence-corrected chi connectivity index (χ2v) is 4.29. The SMILES string of the molecule is CCCCN(CCO)C(=O)NCc1ccc(C(=O)O)o1. The Morgan fingerprint density at radius 2 is 2.10 bits per heavy atom. The Hall–Kier alpha value is -2.02. The molecule has 0 spiro atoms. The summed E-state index contributed by atoms with van der Waals surface area (Å²) >= 11 is 0. The molecule has 0 aliphatic heterocycles. The van der Waals surface area contributed by atoms with Gasteiger partial charge in [-0.1, -0.05) is 13.3 Å². The number of aliphatic hydroxyl groups is 1. The summed E-state index contributed by atoms with van der Waals surface area (Å²) in [5, 5.41) is 20.3. The topological polar surface area (TPSA) is 103 Å². The van der Waals surface area contributed by atoms with Crippen LogP contribution in [-0.4, -0.2) is 46.8 Å². The fourth-order valence-electron chi connectivity index (χ4n) is 1.65. The third kappa shape index (κ3) is 4.93. The lowest BCUT2D eigenvalue weighted by molar-refractivity contribution is 0.0660. The Balaban J connectivity index is 2.48. The molecule has 0 radical (unpaired) electrons. The summed E-state index contributed by atoms with van der Waals surface area (Å²) in [5.74, 6) is -0.935. The molecule has 3 N–H and O–H groups in total. The monoisotopic (exact) mass is 284 g/mol. The molecule has 0 saturated heterocycles. The average Bonchev–Trinajstić information content (AvgIpc) is 2.90. The summed E-state index contributed by atoms with van der Waals surface area (Å²) in [4.78, 5) is 24.1. The van der Waals surface area contributed by atoms with Gasteiger partial charge in [-0.25, -0.2) is 9.59 Å². The molecular weight excluding hydrogens is 264 g/mol. The van der Waals surface area contributed by atoms with E-state index < -0.39 is 5.97 Å². The van der Waals surface area contributed by atoms with Crippen molar-refractivity contribution in [3.8, 4) is 0 Å². The zero-order valence-electron chi connectivity index (χ0n) is 11.5. The zero-order chi connectivity index (χ0) is 15.0. The maximum Gasteiger partial charge on any atom is 0.371 e. The standard InChI is InChI=1S/C13H20N2O5/c1-2-3-6-15(7-8-16)13(19)14-9-10-4-5-11(20-10)12(17)18/h4-5,16H,2-3,6-9H2,1H3,(H,14,19)(H,17,18). The lowest BCUT2D eigenvalue weighted by atomic mass is 10.3. The number of urea groups is 1. The number of carbonyl (C=O) groups is 2. The third-order valence-corrected chi connectivity index (χ3v) is 2.72. The maximum atomic E-state index is 11.9. The van der Waals surface area contributed by atoms with Crippen molar-refractivity contribution in [2.45, 2.75) is 26.3 Å². The summed E-state index contributed by atoms with van der Waals surface area (Å²) in [7, 11) is 0. The van der Waals surface area contributed by atoms with Crippen molar-refractivity contribution in [1.29, 1.82) is 0 Å². The number of unbranched alkanes of at least 4 members (excludes halogenated alkanes) is 1. The molecule has 112 valence electrons.